The van der Waals surface area contributed by atoms with Gasteiger partial charge < -0.3 is 10.2 Å². The van der Waals surface area contributed by atoms with Gasteiger partial charge in [-0.15, -0.1) is 0 Å². The van der Waals surface area contributed by atoms with Crippen LogP contribution in [0.5, 0.6) is 0 Å². The number of fused-ring (bicyclic) bond motifs is 1. The van der Waals surface area contributed by atoms with E-state index in [9.17, 15) is 4.79 Å². The summed E-state index contributed by atoms with van der Waals surface area (Å²) in [6, 6.07) is 14.3. The summed E-state index contributed by atoms with van der Waals surface area (Å²) in [7, 11) is 0. The van der Waals surface area contributed by atoms with Crippen molar-refractivity contribution in [2.75, 3.05) is 25.0 Å². The molecule has 1 amide bonds. The molecule has 1 fully saturated rings. The van der Waals surface area contributed by atoms with Crippen molar-refractivity contribution in [2.45, 2.75) is 19.8 Å². The van der Waals surface area contributed by atoms with Gasteiger partial charge in [0.1, 0.15) is 0 Å². The van der Waals surface area contributed by atoms with Crippen LogP contribution in [-0.2, 0) is 4.79 Å². The predicted octanol–water partition coefficient (Wildman–Crippen LogP) is 2.09. The molecular formula is C18H23N2O+. The first kappa shape index (κ1) is 14.1. The lowest BCUT2D eigenvalue weighted by molar-refractivity contribution is -0.897. The van der Waals surface area contributed by atoms with Crippen LogP contribution < -0.4 is 10.2 Å². The molecule has 2 N–H and O–H groups in total. The van der Waals surface area contributed by atoms with Crippen molar-refractivity contribution in [2.24, 2.45) is 5.92 Å². The number of likely N-dealkylation sites (tertiary alicyclic amines) is 1. The van der Waals surface area contributed by atoms with Crippen molar-refractivity contribution in [3.05, 3.63) is 42.5 Å². The number of benzene rings is 2. The van der Waals surface area contributed by atoms with Crippen molar-refractivity contribution in [1.82, 2.24) is 0 Å². The molecule has 0 aromatic heterocycles. The van der Waals surface area contributed by atoms with Crippen LogP contribution >= 0.6 is 0 Å². The second kappa shape index (κ2) is 6.27. The van der Waals surface area contributed by atoms with E-state index in [1.807, 2.05) is 24.3 Å². The van der Waals surface area contributed by atoms with E-state index >= 15 is 0 Å². The first-order chi connectivity index (χ1) is 10.2. The van der Waals surface area contributed by atoms with E-state index in [1.165, 1.54) is 23.1 Å². The Kier molecular flexibility index (Phi) is 4.20. The molecule has 0 radical (unpaired) electrons. The number of anilines is 1. The van der Waals surface area contributed by atoms with Crippen LogP contribution in [0.4, 0.5) is 5.69 Å². The topological polar surface area (TPSA) is 33.5 Å². The Hall–Kier alpha value is -1.87. The number of rotatable bonds is 3. The first-order valence-electron chi connectivity index (χ1n) is 7.83. The molecule has 3 rings (SSSR count). The van der Waals surface area contributed by atoms with Gasteiger partial charge >= 0.3 is 0 Å². The molecule has 0 atom stereocenters. The van der Waals surface area contributed by atoms with E-state index in [2.05, 4.69) is 30.4 Å². The van der Waals surface area contributed by atoms with Gasteiger partial charge in [0.2, 0.25) is 0 Å². The summed E-state index contributed by atoms with van der Waals surface area (Å²) < 4.78 is 0. The lowest BCUT2D eigenvalue weighted by Crippen LogP contribution is -3.14. The maximum atomic E-state index is 12.2. The molecule has 110 valence electrons. The minimum atomic E-state index is 0.120. The highest BCUT2D eigenvalue weighted by molar-refractivity contribution is 5.94. The number of hydrogen-bond acceptors (Lipinski definition) is 1. The maximum absolute atomic E-state index is 12.2. The van der Waals surface area contributed by atoms with Crippen LogP contribution in [-0.4, -0.2) is 25.5 Å². The summed E-state index contributed by atoms with van der Waals surface area (Å²) in [5.41, 5.74) is 0.892. The fraction of sp³-hybridized carbons (Fsp3) is 0.389. The molecule has 21 heavy (non-hydrogen) atoms. The lowest BCUT2D eigenvalue weighted by atomic mass is 9.99. The van der Waals surface area contributed by atoms with E-state index in [0.717, 1.165) is 30.1 Å². The second-order valence-electron chi connectivity index (χ2n) is 6.22. The molecule has 1 aliphatic rings. The van der Waals surface area contributed by atoms with E-state index in [4.69, 9.17) is 0 Å². The number of carbonyl (C=O) groups is 1. The number of nitrogens with one attached hydrogen (secondary N) is 2. The average Bonchev–Trinajstić information content (AvgIpc) is 2.49. The van der Waals surface area contributed by atoms with Gasteiger partial charge in [0.15, 0.2) is 6.54 Å². The summed E-state index contributed by atoms with van der Waals surface area (Å²) in [4.78, 5) is 13.6. The second-order valence-corrected chi connectivity index (χ2v) is 6.22. The van der Waals surface area contributed by atoms with Gasteiger partial charge in [0, 0.05) is 5.69 Å². The lowest BCUT2D eigenvalue weighted by Gasteiger charge is -2.26. The summed E-state index contributed by atoms with van der Waals surface area (Å²) >= 11 is 0. The first-order valence-corrected chi connectivity index (χ1v) is 7.83. The zero-order valence-corrected chi connectivity index (χ0v) is 12.6. The highest BCUT2D eigenvalue weighted by Crippen LogP contribution is 2.18. The van der Waals surface area contributed by atoms with Gasteiger partial charge in [0.05, 0.1) is 13.1 Å². The van der Waals surface area contributed by atoms with Crippen molar-refractivity contribution < 1.29 is 9.69 Å². The van der Waals surface area contributed by atoms with Crippen molar-refractivity contribution in [3.8, 4) is 0 Å². The molecule has 2 aromatic carbocycles. The normalized spacial score (nSPS) is 22.1. The van der Waals surface area contributed by atoms with Gasteiger partial charge in [-0.25, -0.2) is 0 Å². The molecule has 2 aromatic rings. The Morgan fingerprint density at radius 3 is 2.62 bits per heavy atom. The molecule has 3 heteroatoms. The van der Waals surface area contributed by atoms with Crippen LogP contribution in [0.15, 0.2) is 42.5 Å². The van der Waals surface area contributed by atoms with Gasteiger partial charge in [0.25, 0.3) is 5.91 Å². The number of quaternary nitrogens is 1. The largest absolute Gasteiger partial charge is 0.327 e. The molecule has 0 unspecified atom stereocenters. The van der Waals surface area contributed by atoms with E-state index in [0.29, 0.717) is 6.54 Å². The third-order valence-electron chi connectivity index (χ3n) is 4.43. The average molecular weight is 283 g/mol. The molecule has 1 heterocycles. The fourth-order valence-electron chi connectivity index (χ4n) is 3.05. The van der Waals surface area contributed by atoms with Crippen LogP contribution in [0.1, 0.15) is 19.8 Å². The Morgan fingerprint density at radius 2 is 1.86 bits per heavy atom. The van der Waals surface area contributed by atoms with Gasteiger partial charge in [-0.05, 0) is 41.7 Å². The summed E-state index contributed by atoms with van der Waals surface area (Å²) in [5.74, 6) is 0.937. The van der Waals surface area contributed by atoms with Crippen molar-refractivity contribution in [3.63, 3.8) is 0 Å². The highest BCUT2D eigenvalue weighted by Gasteiger charge is 2.21. The standard InChI is InChI=1S/C18H22N2O/c1-14-8-10-20(11-9-14)13-18(21)19-17-7-6-15-4-2-3-5-16(15)12-17/h2-7,12,14H,8-11,13H2,1H3,(H,19,21)/p+1. The molecule has 1 saturated heterocycles. The Labute approximate surface area is 125 Å². The highest BCUT2D eigenvalue weighted by atomic mass is 16.2. The predicted molar refractivity (Wildman–Crippen MR) is 86.5 cm³/mol. The minimum Gasteiger partial charge on any atom is -0.327 e. The van der Waals surface area contributed by atoms with Crippen LogP contribution in [0, 0.1) is 5.92 Å². The quantitative estimate of drug-likeness (QED) is 0.888. The van der Waals surface area contributed by atoms with Crippen molar-refractivity contribution in [1.29, 1.82) is 0 Å². The molecule has 0 aliphatic carbocycles. The van der Waals surface area contributed by atoms with Crippen molar-refractivity contribution >= 4 is 22.4 Å². The van der Waals surface area contributed by atoms with Crippen LogP contribution in [0.3, 0.4) is 0 Å². The van der Waals surface area contributed by atoms with Gasteiger partial charge in [-0.3, -0.25) is 4.79 Å². The summed E-state index contributed by atoms with van der Waals surface area (Å²) in [5, 5.41) is 5.39. The monoisotopic (exact) mass is 283 g/mol. The van der Waals surface area contributed by atoms with Gasteiger partial charge in [-0.2, -0.15) is 0 Å². The number of piperidine rings is 1. The van der Waals surface area contributed by atoms with E-state index in [1.54, 1.807) is 0 Å². The number of hydrogen-bond donors (Lipinski definition) is 2. The third kappa shape index (κ3) is 3.61. The Morgan fingerprint density at radius 1 is 1.14 bits per heavy atom. The van der Waals surface area contributed by atoms with Gasteiger partial charge in [-0.1, -0.05) is 37.3 Å². The maximum Gasteiger partial charge on any atom is 0.279 e. The molecule has 0 bridgehead atoms. The summed E-state index contributed by atoms with van der Waals surface area (Å²) in [6.45, 7) is 5.12. The third-order valence-corrected chi connectivity index (χ3v) is 4.43. The fourth-order valence-corrected chi connectivity index (χ4v) is 3.05. The SMILES string of the molecule is CC1CC[NH+](CC(=O)Nc2ccc3ccccc3c2)CC1. The smallest absolute Gasteiger partial charge is 0.279 e. The molecule has 1 aliphatic heterocycles. The molecule has 0 saturated carbocycles. The Bertz CT molecular complexity index is 630. The van der Waals surface area contributed by atoms with Crippen LogP contribution in [0.25, 0.3) is 10.8 Å². The van der Waals surface area contributed by atoms with Crippen LogP contribution in [0.2, 0.25) is 0 Å². The Balaban J connectivity index is 1.60. The number of carbonyl (C=O) groups excluding carboxylic acids is 1. The van der Waals surface area contributed by atoms with E-state index in [-0.39, 0.29) is 5.91 Å². The zero-order chi connectivity index (χ0) is 14.7. The molecule has 3 nitrogen and oxygen atoms in total. The minimum absolute atomic E-state index is 0.120. The van der Waals surface area contributed by atoms with E-state index < -0.39 is 0 Å². The molecular weight excluding hydrogens is 260 g/mol. The molecule has 0 spiro atoms. The zero-order valence-electron chi connectivity index (χ0n) is 12.6. The number of amides is 1. The summed E-state index contributed by atoms with van der Waals surface area (Å²) in [6.07, 6.45) is 2.47.